The average molecular weight is 226 g/mol. The molecule has 1 aromatic rings. The van der Waals surface area contributed by atoms with E-state index in [1.807, 2.05) is 6.92 Å². The van der Waals surface area contributed by atoms with Gasteiger partial charge in [0.2, 0.25) is 0 Å². The smallest absolute Gasteiger partial charge is 0.146 e. The Morgan fingerprint density at radius 2 is 2.00 bits per heavy atom. The fraction of sp³-hybridized carbons (Fsp3) is 0.818. The molecule has 0 spiro atoms. The van der Waals surface area contributed by atoms with Crippen molar-refractivity contribution in [2.75, 3.05) is 13.2 Å². The first-order chi connectivity index (χ1) is 7.83. The van der Waals surface area contributed by atoms with Gasteiger partial charge in [0.05, 0.1) is 6.54 Å². The van der Waals surface area contributed by atoms with E-state index in [4.69, 9.17) is 10.5 Å². The lowest BCUT2D eigenvalue weighted by Gasteiger charge is -2.07. The summed E-state index contributed by atoms with van der Waals surface area (Å²) in [5.74, 6) is 1.91. The molecule has 0 fully saturated rings. The molecule has 0 unspecified atom stereocenters. The molecular formula is C11H22N4O. The van der Waals surface area contributed by atoms with Crippen LogP contribution in [-0.4, -0.2) is 28.0 Å². The SMILES string of the molecule is CCCn1c(CN)nnc1CCCOCC. The van der Waals surface area contributed by atoms with Crippen LogP contribution in [0.1, 0.15) is 38.3 Å². The minimum atomic E-state index is 0.457. The molecule has 92 valence electrons. The van der Waals surface area contributed by atoms with Crippen LogP contribution in [0.25, 0.3) is 0 Å². The van der Waals surface area contributed by atoms with E-state index in [0.717, 1.165) is 50.7 Å². The lowest BCUT2D eigenvalue weighted by Crippen LogP contribution is -2.11. The molecule has 1 heterocycles. The van der Waals surface area contributed by atoms with Gasteiger partial charge in [-0.15, -0.1) is 10.2 Å². The van der Waals surface area contributed by atoms with E-state index in [9.17, 15) is 0 Å². The number of hydrogen-bond donors (Lipinski definition) is 1. The van der Waals surface area contributed by atoms with Crippen LogP contribution < -0.4 is 5.73 Å². The second-order valence-corrected chi connectivity index (χ2v) is 3.69. The molecule has 0 radical (unpaired) electrons. The second-order valence-electron chi connectivity index (χ2n) is 3.69. The Morgan fingerprint density at radius 1 is 1.25 bits per heavy atom. The Hall–Kier alpha value is -0.940. The van der Waals surface area contributed by atoms with Gasteiger partial charge in [-0.05, 0) is 19.8 Å². The number of nitrogens with zero attached hydrogens (tertiary/aromatic N) is 3. The summed E-state index contributed by atoms with van der Waals surface area (Å²) in [6.45, 7) is 7.11. The largest absolute Gasteiger partial charge is 0.382 e. The Labute approximate surface area is 97.0 Å². The topological polar surface area (TPSA) is 66.0 Å². The predicted molar refractivity (Wildman–Crippen MR) is 63.0 cm³/mol. The van der Waals surface area contributed by atoms with Crippen LogP contribution in [0.3, 0.4) is 0 Å². The van der Waals surface area contributed by atoms with Gasteiger partial charge >= 0.3 is 0 Å². The predicted octanol–water partition coefficient (Wildman–Crippen LogP) is 1.12. The molecule has 0 aliphatic rings. The maximum Gasteiger partial charge on any atom is 0.146 e. The maximum atomic E-state index is 5.62. The highest BCUT2D eigenvalue weighted by Gasteiger charge is 2.09. The van der Waals surface area contributed by atoms with E-state index in [1.165, 1.54) is 0 Å². The monoisotopic (exact) mass is 226 g/mol. The lowest BCUT2D eigenvalue weighted by molar-refractivity contribution is 0.144. The molecule has 1 aromatic heterocycles. The molecule has 5 heteroatoms. The minimum Gasteiger partial charge on any atom is -0.382 e. The number of rotatable bonds is 8. The highest BCUT2D eigenvalue weighted by atomic mass is 16.5. The van der Waals surface area contributed by atoms with Crippen LogP contribution in [0.15, 0.2) is 0 Å². The molecule has 0 aliphatic heterocycles. The van der Waals surface area contributed by atoms with Crippen LogP contribution in [0, 0.1) is 0 Å². The van der Waals surface area contributed by atoms with Crippen molar-refractivity contribution in [3.05, 3.63) is 11.6 Å². The molecule has 0 aliphatic carbocycles. The fourth-order valence-electron chi connectivity index (χ4n) is 1.67. The number of aromatic nitrogens is 3. The molecule has 0 amide bonds. The fourth-order valence-corrected chi connectivity index (χ4v) is 1.67. The van der Waals surface area contributed by atoms with Crippen molar-refractivity contribution in [1.82, 2.24) is 14.8 Å². The lowest BCUT2D eigenvalue weighted by atomic mass is 10.3. The first kappa shape index (κ1) is 13.1. The molecule has 0 saturated heterocycles. The van der Waals surface area contributed by atoms with Crippen molar-refractivity contribution in [3.63, 3.8) is 0 Å². The van der Waals surface area contributed by atoms with Crippen molar-refractivity contribution in [2.24, 2.45) is 5.73 Å². The van der Waals surface area contributed by atoms with Gasteiger partial charge in [0.25, 0.3) is 0 Å². The van der Waals surface area contributed by atoms with Gasteiger partial charge in [0.1, 0.15) is 11.6 Å². The van der Waals surface area contributed by atoms with E-state index >= 15 is 0 Å². The van der Waals surface area contributed by atoms with Crippen LogP contribution in [0.2, 0.25) is 0 Å². The van der Waals surface area contributed by atoms with E-state index in [2.05, 4.69) is 21.7 Å². The Kier molecular flexibility index (Phi) is 6.03. The Balaban J connectivity index is 2.53. The van der Waals surface area contributed by atoms with Gasteiger partial charge in [-0.3, -0.25) is 0 Å². The van der Waals surface area contributed by atoms with Gasteiger partial charge < -0.3 is 15.0 Å². The van der Waals surface area contributed by atoms with Gasteiger partial charge in [0, 0.05) is 26.2 Å². The summed E-state index contributed by atoms with van der Waals surface area (Å²) in [6, 6.07) is 0. The van der Waals surface area contributed by atoms with E-state index in [-0.39, 0.29) is 0 Å². The number of ether oxygens (including phenoxy) is 1. The number of hydrogen-bond acceptors (Lipinski definition) is 4. The van der Waals surface area contributed by atoms with Crippen LogP contribution >= 0.6 is 0 Å². The quantitative estimate of drug-likeness (QED) is 0.674. The summed E-state index contributed by atoms with van der Waals surface area (Å²) in [4.78, 5) is 0. The van der Waals surface area contributed by atoms with Crippen LogP contribution in [0.4, 0.5) is 0 Å². The van der Waals surface area contributed by atoms with Crippen molar-refractivity contribution in [2.45, 2.75) is 46.2 Å². The molecule has 2 N–H and O–H groups in total. The zero-order valence-electron chi connectivity index (χ0n) is 10.3. The molecular weight excluding hydrogens is 204 g/mol. The van der Waals surface area contributed by atoms with Gasteiger partial charge in [-0.2, -0.15) is 0 Å². The first-order valence-corrected chi connectivity index (χ1v) is 6.02. The summed E-state index contributed by atoms with van der Waals surface area (Å²) < 4.78 is 7.44. The summed E-state index contributed by atoms with van der Waals surface area (Å²) in [6.07, 6.45) is 2.97. The summed E-state index contributed by atoms with van der Waals surface area (Å²) in [5, 5.41) is 8.28. The van der Waals surface area contributed by atoms with E-state index < -0.39 is 0 Å². The molecule has 1 rings (SSSR count). The van der Waals surface area contributed by atoms with E-state index in [0.29, 0.717) is 6.54 Å². The maximum absolute atomic E-state index is 5.62. The zero-order chi connectivity index (χ0) is 11.8. The van der Waals surface area contributed by atoms with Gasteiger partial charge in [-0.25, -0.2) is 0 Å². The Morgan fingerprint density at radius 3 is 2.62 bits per heavy atom. The van der Waals surface area contributed by atoms with Crippen LogP contribution in [-0.2, 0) is 24.2 Å². The van der Waals surface area contributed by atoms with Crippen molar-refractivity contribution >= 4 is 0 Å². The number of aryl methyl sites for hydroxylation is 1. The number of nitrogens with two attached hydrogens (primary N) is 1. The van der Waals surface area contributed by atoms with Gasteiger partial charge in [-0.1, -0.05) is 6.92 Å². The average Bonchev–Trinajstić information content (AvgIpc) is 2.68. The van der Waals surface area contributed by atoms with Crippen molar-refractivity contribution < 1.29 is 4.74 Å². The Bertz CT molecular complexity index is 298. The first-order valence-electron chi connectivity index (χ1n) is 6.02. The third-order valence-corrected chi connectivity index (χ3v) is 2.43. The summed E-state index contributed by atoms with van der Waals surface area (Å²) >= 11 is 0. The van der Waals surface area contributed by atoms with Gasteiger partial charge in [0.15, 0.2) is 0 Å². The second kappa shape index (κ2) is 7.35. The molecule has 5 nitrogen and oxygen atoms in total. The van der Waals surface area contributed by atoms with Crippen LogP contribution in [0.5, 0.6) is 0 Å². The minimum absolute atomic E-state index is 0.457. The van der Waals surface area contributed by atoms with E-state index in [1.54, 1.807) is 0 Å². The molecule has 0 saturated carbocycles. The normalized spacial score (nSPS) is 10.9. The van der Waals surface area contributed by atoms with Crippen molar-refractivity contribution in [3.8, 4) is 0 Å². The third kappa shape index (κ3) is 3.57. The summed E-state index contributed by atoms with van der Waals surface area (Å²) in [7, 11) is 0. The highest BCUT2D eigenvalue weighted by molar-refractivity contribution is 4.95. The molecule has 16 heavy (non-hydrogen) atoms. The molecule has 0 aromatic carbocycles. The zero-order valence-corrected chi connectivity index (χ0v) is 10.3. The third-order valence-electron chi connectivity index (χ3n) is 2.43. The molecule has 0 atom stereocenters. The van der Waals surface area contributed by atoms with Crippen molar-refractivity contribution in [1.29, 1.82) is 0 Å². The highest BCUT2D eigenvalue weighted by Crippen LogP contribution is 2.06. The standard InChI is InChI=1S/C11H22N4O/c1-3-7-15-10(6-5-8-16-4-2)13-14-11(15)9-12/h3-9,12H2,1-2H3. The summed E-state index contributed by atoms with van der Waals surface area (Å²) in [5.41, 5.74) is 5.62. The molecule has 0 bridgehead atoms.